The Bertz CT molecular complexity index is 1670. The predicted molar refractivity (Wildman–Crippen MR) is 297 cm³/mol. The summed E-state index contributed by atoms with van der Waals surface area (Å²) in [4.78, 5) is 48.4. The van der Waals surface area contributed by atoms with E-state index in [1.165, 1.54) is 44.9 Å². The fourth-order valence-electron chi connectivity index (χ4n) is 6.78. The lowest BCUT2D eigenvalue weighted by atomic mass is 10.1. The van der Waals surface area contributed by atoms with Crippen LogP contribution in [0, 0.1) is 0 Å². The molecule has 0 fully saturated rings. The second kappa shape index (κ2) is 53.2. The Kier molecular flexibility index (Phi) is 50.1. The first kappa shape index (κ1) is 67.9. The van der Waals surface area contributed by atoms with E-state index < -0.39 is 57.8 Å². The van der Waals surface area contributed by atoms with E-state index >= 15 is 0 Å². The molecular weight excluding hydrogens is 928 g/mol. The predicted octanol–water partition coefficient (Wildman–Crippen LogP) is 16.0. The molecule has 0 bridgehead atoms. The smallest absolute Gasteiger partial charge is 0.462 e. The van der Waals surface area contributed by atoms with Crippen LogP contribution in [0.5, 0.6) is 0 Å². The van der Waals surface area contributed by atoms with Gasteiger partial charge in [-0.05, 0) is 96.3 Å². The maximum atomic E-state index is 12.9. The summed E-state index contributed by atoms with van der Waals surface area (Å²) in [5.41, 5.74) is 0. The summed E-state index contributed by atoms with van der Waals surface area (Å²) in [7, 11) is -4.78. The third kappa shape index (κ3) is 50.8. The van der Waals surface area contributed by atoms with Crippen LogP contribution < -0.4 is 0 Å². The Balaban J connectivity index is 4.88. The molecule has 3 unspecified atom stereocenters. The molecule has 2 N–H and O–H groups in total. The summed E-state index contributed by atoms with van der Waals surface area (Å²) < 4.78 is 39.3. The van der Waals surface area contributed by atoms with E-state index in [1.54, 1.807) is 0 Å². The molecule has 0 aromatic carbocycles. The van der Waals surface area contributed by atoms with Crippen molar-refractivity contribution < 1.29 is 52.2 Å². The van der Waals surface area contributed by atoms with Gasteiger partial charge in [0.25, 0.3) is 0 Å². The largest absolute Gasteiger partial charge is 0.472 e. The molecule has 0 aromatic rings. The van der Waals surface area contributed by atoms with E-state index in [0.29, 0.717) is 25.7 Å². The van der Waals surface area contributed by atoms with Gasteiger partial charge in [0, 0.05) is 19.3 Å². The Hall–Kier alpha value is -4.12. The molecule has 12 heteroatoms. The summed E-state index contributed by atoms with van der Waals surface area (Å²) in [5.74, 6) is -1.62. The number of phosphoric acid groups is 1. The standard InChI is InChI=1S/C60H97O11P/c1-4-7-10-13-16-19-22-24-26-27-28-29-31-33-36-39-42-45-48-51-60(64)71-57(53-67-58(62)49-46-43-40-37-34-21-18-15-12-9-6-3)55-69-72(65,66)68-54-56(52-61)70-59(63)50-47-44-41-38-35-32-30-25-23-20-17-14-11-8-5-2/h7-8,10-11,16-17,19-20,24-26,28-30,33,35-36,38,42,45,56-57,61H,4-6,9,12-15,18,21-23,27,31-32,34,37,39-41,43-44,46-55H2,1-3H3,(H,65,66)/b10-7-,11-8-,19-16-,20-17-,26-24-,29-28-,30-25-,36-33-,38-35-,45-42-. The van der Waals surface area contributed by atoms with Gasteiger partial charge in [-0.3, -0.25) is 23.4 Å². The molecule has 0 amide bonds. The highest BCUT2D eigenvalue weighted by Gasteiger charge is 2.28. The molecule has 0 radical (unpaired) electrons. The number of ether oxygens (including phenoxy) is 3. The maximum Gasteiger partial charge on any atom is 0.472 e. The topological polar surface area (TPSA) is 155 Å². The number of unbranched alkanes of at least 4 members (excludes halogenated alkanes) is 12. The van der Waals surface area contributed by atoms with Crippen LogP contribution >= 0.6 is 7.82 Å². The molecule has 0 aromatic heterocycles. The van der Waals surface area contributed by atoms with Gasteiger partial charge < -0.3 is 24.2 Å². The highest BCUT2D eigenvalue weighted by atomic mass is 31.2. The van der Waals surface area contributed by atoms with Crippen LogP contribution in [0.1, 0.15) is 201 Å². The van der Waals surface area contributed by atoms with Crippen molar-refractivity contribution in [3.05, 3.63) is 122 Å². The number of rotatable bonds is 49. The number of phosphoric ester groups is 1. The van der Waals surface area contributed by atoms with Crippen LogP contribution in [-0.4, -0.2) is 66.5 Å². The lowest BCUT2D eigenvalue weighted by Gasteiger charge is -2.21. The van der Waals surface area contributed by atoms with Crippen molar-refractivity contribution in [1.82, 2.24) is 0 Å². The van der Waals surface area contributed by atoms with Gasteiger partial charge in [-0.1, -0.05) is 206 Å². The zero-order valence-electron chi connectivity index (χ0n) is 44.8. The molecule has 0 aliphatic heterocycles. The average Bonchev–Trinajstić information content (AvgIpc) is 3.37. The molecular formula is C60H97O11P. The number of esters is 3. The zero-order chi connectivity index (χ0) is 52.7. The molecule has 408 valence electrons. The molecule has 0 saturated carbocycles. The number of hydrogen-bond acceptors (Lipinski definition) is 10. The Morgan fingerprint density at radius 2 is 0.750 bits per heavy atom. The van der Waals surface area contributed by atoms with Crippen LogP contribution in [0.2, 0.25) is 0 Å². The Labute approximate surface area is 437 Å². The van der Waals surface area contributed by atoms with Crippen LogP contribution in [-0.2, 0) is 42.2 Å². The average molecular weight is 1030 g/mol. The summed E-state index contributed by atoms with van der Waals surface area (Å²) in [6.45, 7) is 4.25. The van der Waals surface area contributed by atoms with E-state index in [2.05, 4.69) is 130 Å². The quantitative estimate of drug-likeness (QED) is 0.0197. The van der Waals surface area contributed by atoms with Crippen LogP contribution in [0.3, 0.4) is 0 Å². The van der Waals surface area contributed by atoms with E-state index in [1.807, 2.05) is 12.2 Å². The molecule has 72 heavy (non-hydrogen) atoms. The highest BCUT2D eigenvalue weighted by molar-refractivity contribution is 7.47. The maximum absolute atomic E-state index is 12.9. The fraction of sp³-hybridized carbons (Fsp3) is 0.617. The zero-order valence-corrected chi connectivity index (χ0v) is 45.7. The summed E-state index contributed by atoms with van der Waals surface area (Å²) >= 11 is 0. The monoisotopic (exact) mass is 1020 g/mol. The van der Waals surface area contributed by atoms with Crippen molar-refractivity contribution >= 4 is 25.7 Å². The van der Waals surface area contributed by atoms with E-state index in [-0.39, 0.29) is 25.9 Å². The van der Waals surface area contributed by atoms with Crippen molar-refractivity contribution in [2.24, 2.45) is 0 Å². The van der Waals surface area contributed by atoms with Gasteiger partial charge in [-0.15, -0.1) is 0 Å². The van der Waals surface area contributed by atoms with Crippen molar-refractivity contribution in [3.63, 3.8) is 0 Å². The number of carbonyl (C=O) groups excluding carboxylic acids is 3. The van der Waals surface area contributed by atoms with E-state index in [0.717, 1.165) is 89.9 Å². The SMILES string of the molecule is CC/C=C\C/C=C\C/C=C\C/C=C\C/C=C\C/C=C\CCC(=O)OC(COC(=O)CCCCCCCCCCCCC)COP(=O)(O)OCC(CO)OC(=O)CCCC/C=C\C/C=C\C/C=C\C/C=C\CC. The molecule has 0 saturated heterocycles. The summed E-state index contributed by atoms with van der Waals surface area (Å²) in [5, 5.41) is 9.79. The summed E-state index contributed by atoms with van der Waals surface area (Å²) in [6.07, 6.45) is 64.7. The van der Waals surface area contributed by atoms with Gasteiger partial charge in [0.1, 0.15) is 12.7 Å². The number of aliphatic hydroxyl groups is 1. The van der Waals surface area contributed by atoms with Crippen molar-refractivity contribution in [2.45, 2.75) is 213 Å². The molecule has 3 atom stereocenters. The molecule has 0 heterocycles. The van der Waals surface area contributed by atoms with Crippen LogP contribution in [0.4, 0.5) is 0 Å². The molecule has 0 spiro atoms. The Morgan fingerprint density at radius 1 is 0.403 bits per heavy atom. The Morgan fingerprint density at radius 3 is 1.19 bits per heavy atom. The van der Waals surface area contributed by atoms with Crippen molar-refractivity contribution in [1.29, 1.82) is 0 Å². The number of carbonyl (C=O) groups is 3. The minimum absolute atomic E-state index is 0.0343. The molecule has 11 nitrogen and oxygen atoms in total. The second-order valence-corrected chi connectivity index (χ2v) is 19.1. The lowest BCUT2D eigenvalue weighted by molar-refractivity contribution is -0.161. The minimum Gasteiger partial charge on any atom is -0.462 e. The first-order chi connectivity index (χ1) is 35.2. The first-order valence-electron chi connectivity index (χ1n) is 27.4. The highest BCUT2D eigenvalue weighted by Crippen LogP contribution is 2.43. The van der Waals surface area contributed by atoms with Gasteiger partial charge in [0.05, 0.1) is 19.8 Å². The van der Waals surface area contributed by atoms with Gasteiger partial charge in [-0.2, -0.15) is 0 Å². The number of aliphatic hydroxyl groups excluding tert-OH is 1. The minimum atomic E-state index is -4.78. The van der Waals surface area contributed by atoms with E-state index in [4.69, 9.17) is 23.3 Å². The van der Waals surface area contributed by atoms with Gasteiger partial charge in [-0.25, -0.2) is 4.57 Å². The molecule has 0 aliphatic rings. The summed E-state index contributed by atoms with van der Waals surface area (Å²) in [6, 6.07) is 0. The third-order valence-corrected chi connectivity index (χ3v) is 11.8. The number of allylic oxidation sites excluding steroid dienone is 20. The molecule has 0 rings (SSSR count). The van der Waals surface area contributed by atoms with Gasteiger partial charge in [0.2, 0.25) is 0 Å². The molecule has 0 aliphatic carbocycles. The normalized spacial score (nSPS) is 14.3. The van der Waals surface area contributed by atoms with Gasteiger partial charge >= 0.3 is 25.7 Å². The third-order valence-electron chi connectivity index (χ3n) is 10.9. The van der Waals surface area contributed by atoms with Crippen LogP contribution in [0.25, 0.3) is 0 Å². The fourth-order valence-corrected chi connectivity index (χ4v) is 7.57. The van der Waals surface area contributed by atoms with E-state index in [9.17, 15) is 28.9 Å². The second-order valence-electron chi connectivity index (χ2n) is 17.6. The van der Waals surface area contributed by atoms with Crippen molar-refractivity contribution in [3.8, 4) is 0 Å². The van der Waals surface area contributed by atoms with Crippen LogP contribution in [0.15, 0.2) is 122 Å². The number of hydrogen-bond donors (Lipinski definition) is 2. The lowest BCUT2D eigenvalue weighted by Crippen LogP contribution is -2.30. The van der Waals surface area contributed by atoms with Crippen molar-refractivity contribution in [2.75, 3.05) is 26.4 Å². The van der Waals surface area contributed by atoms with Gasteiger partial charge in [0.15, 0.2) is 6.10 Å². The first-order valence-corrected chi connectivity index (χ1v) is 28.9.